The fourth-order valence-electron chi connectivity index (χ4n) is 0.609. The Bertz CT molecular complexity index is 115. The first kappa shape index (κ1) is 9.48. The summed E-state index contributed by atoms with van der Waals surface area (Å²) in [7, 11) is 3.97. The Hall–Kier alpha value is -0.520. The summed E-state index contributed by atoms with van der Waals surface area (Å²) >= 11 is 0. The molecule has 0 aliphatic rings. The first-order chi connectivity index (χ1) is 4.72. The van der Waals surface area contributed by atoms with Crippen LogP contribution in [0.5, 0.6) is 0 Å². The number of nitrogens with one attached hydrogen (secondary N) is 1. The van der Waals surface area contributed by atoms with Crippen molar-refractivity contribution in [3.8, 4) is 12.3 Å². The highest BCUT2D eigenvalue weighted by Crippen LogP contribution is 1.90. The lowest BCUT2D eigenvalue weighted by Gasteiger charge is -2.19. The third-order valence-electron chi connectivity index (χ3n) is 1.62. The molecule has 0 aliphatic carbocycles. The highest BCUT2D eigenvalue weighted by Gasteiger charge is 2.02. The van der Waals surface area contributed by atoms with Crippen molar-refractivity contribution in [3.05, 3.63) is 0 Å². The van der Waals surface area contributed by atoms with Gasteiger partial charge in [-0.05, 0) is 21.0 Å². The second-order valence-electron chi connectivity index (χ2n) is 2.43. The molecule has 1 atom stereocenters. The van der Waals surface area contributed by atoms with E-state index in [-0.39, 0.29) is 6.04 Å². The van der Waals surface area contributed by atoms with E-state index in [4.69, 9.17) is 6.42 Å². The lowest BCUT2D eigenvalue weighted by molar-refractivity contribution is 0.306. The van der Waals surface area contributed by atoms with E-state index >= 15 is 0 Å². The highest BCUT2D eigenvalue weighted by molar-refractivity contribution is 4.96. The molecule has 0 aromatic carbocycles. The van der Waals surface area contributed by atoms with Crippen LogP contribution in [0, 0.1) is 12.3 Å². The molecule has 0 aromatic heterocycles. The average molecular weight is 140 g/mol. The molecule has 0 amide bonds. The van der Waals surface area contributed by atoms with Crippen LogP contribution in [0.2, 0.25) is 0 Å². The van der Waals surface area contributed by atoms with Gasteiger partial charge in [0, 0.05) is 13.1 Å². The molecule has 0 fully saturated rings. The zero-order valence-electron chi connectivity index (χ0n) is 7.02. The van der Waals surface area contributed by atoms with Crippen LogP contribution in [-0.2, 0) is 0 Å². The summed E-state index contributed by atoms with van der Waals surface area (Å²) in [5.41, 5.74) is 0. The average Bonchev–Trinajstić information content (AvgIpc) is 1.98. The summed E-state index contributed by atoms with van der Waals surface area (Å²) in [6, 6.07) is 0.244. The summed E-state index contributed by atoms with van der Waals surface area (Å²) < 4.78 is 0. The quantitative estimate of drug-likeness (QED) is 0.560. The zero-order valence-corrected chi connectivity index (χ0v) is 7.02. The van der Waals surface area contributed by atoms with E-state index in [1.165, 1.54) is 0 Å². The van der Waals surface area contributed by atoms with Gasteiger partial charge in [-0.1, -0.05) is 5.92 Å². The Morgan fingerprint density at radius 1 is 1.70 bits per heavy atom. The lowest BCUT2D eigenvalue weighted by atomic mass is 10.3. The van der Waals surface area contributed by atoms with Gasteiger partial charge in [0.25, 0.3) is 0 Å². The van der Waals surface area contributed by atoms with Crippen molar-refractivity contribution in [2.75, 3.05) is 27.2 Å². The monoisotopic (exact) mass is 140 g/mol. The number of rotatable bonds is 4. The van der Waals surface area contributed by atoms with Gasteiger partial charge in [-0.2, -0.15) is 0 Å². The fourth-order valence-corrected chi connectivity index (χ4v) is 0.609. The molecule has 0 aromatic rings. The first-order valence-corrected chi connectivity index (χ1v) is 3.53. The largest absolute Gasteiger partial charge is 0.318 e. The molecule has 0 bridgehead atoms. The van der Waals surface area contributed by atoms with Crippen LogP contribution in [-0.4, -0.2) is 38.1 Å². The predicted molar refractivity (Wildman–Crippen MR) is 44.9 cm³/mol. The minimum absolute atomic E-state index is 0.244. The van der Waals surface area contributed by atoms with Gasteiger partial charge in [-0.15, -0.1) is 6.42 Å². The SMILES string of the molecule is C#CC(C)N(C)CCNC. The van der Waals surface area contributed by atoms with Crippen molar-refractivity contribution < 1.29 is 0 Å². The van der Waals surface area contributed by atoms with E-state index in [1.54, 1.807) is 0 Å². The Labute approximate surface area is 63.6 Å². The third kappa shape index (κ3) is 3.49. The van der Waals surface area contributed by atoms with Crippen molar-refractivity contribution in [2.45, 2.75) is 13.0 Å². The number of likely N-dealkylation sites (N-methyl/N-ethyl adjacent to an activating group) is 2. The molecule has 1 unspecified atom stereocenters. The molecule has 0 aliphatic heterocycles. The van der Waals surface area contributed by atoms with Gasteiger partial charge in [-0.3, -0.25) is 4.90 Å². The predicted octanol–water partition coefficient (Wildman–Crippen LogP) is 0.159. The van der Waals surface area contributed by atoms with Crippen molar-refractivity contribution >= 4 is 0 Å². The summed E-state index contributed by atoms with van der Waals surface area (Å²) in [6.07, 6.45) is 5.23. The molecular weight excluding hydrogens is 124 g/mol. The molecule has 0 radical (unpaired) electrons. The summed E-state index contributed by atoms with van der Waals surface area (Å²) in [5, 5.41) is 3.07. The minimum Gasteiger partial charge on any atom is -0.318 e. The van der Waals surface area contributed by atoms with Crippen LogP contribution in [0.15, 0.2) is 0 Å². The summed E-state index contributed by atoms with van der Waals surface area (Å²) in [4.78, 5) is 2.14. The molecule has 0 rings (SSSR count). The van der Waals surface area contributed by atoms with Crippen molar-refractivity contribution in [2.24, 2.45) is 0 Å². The fraction of sp³-hybridized carbons (Fsp3) is 0.750. The number of nitrogens with zero attached hydrogens (tertiary/aromatic N) is 1. The van der Waals surface area contributed by atoms with Crippen LogP contribution in [0.4, 0.5) is 0 Å². The van der Waals surface area contributed by atoms with Gasteiger partial charge >= 0.3 is 0 Å². The second-order valence-corrected chi connectivity index (χ2v) is 2.43. The smallest absolute Gasteiger partial charge is 0.0681 e. The molecule has 2 nitrogen and oxygen atoms in total. The van der Waals surface area contributed by atoms with Crippen LogP contribution in [0.1, 0.15) is 6.92 Å². The van der Waals surface area contributed by atoms with Crippen LogP contribution in [0.25, 0.3) is 0 Å². The topological polar surface area (TPSA) is 15.3 Å². The first-order valence-electron chi connectivity index (χ1n) is 3.53. The molecule has 10 heavy (non-hydrogen) atoms. The standard InChI is InChI=1S/C8H16N2/c1-5-8(2)10(4)7-6-9-3/h1,8-9H,6-7H2,2-4H3. The summed E-state index contributed by atoms with van der Waals surface area (Å²) in [5.74, 6) is 2.67. The summed E-state index contributed by atoms with van der Waals surface area (Å²) in [6.45, 7) is 4.01. The maximum atomic E-state index is 5.23. The Morgan fingerprint density at radius 2 is 2.30 bits per heavy atom. The third-order valence-corrected chi connectivity index (χ3v) is 1.62. The van der Waals surface area contributed by atoms with E-state index in [9.17, 15) is 0 Å². The van der Waals surface area contributed by atoms with Crippen molar-refractivity contribution in [3.63, 3.8) is 0 Å². The Balaban J connectivity index is 3.43. The molecule has 0 heterocycles. The van der Waals surface area contributed by atoms with E-state index in [2.05, 4.69) is 16.1 Å². The van der Waals surface area contributed by atoms with Gasteiger partial charge in [0.2, 0.25) is 0 Å². The van der Waals surface area contributed by atoms with E-state index in [0.717, 1.165) is 13.1 Å². The van der Waals surface area contributed by atoms with Crippen LogP contribution in [0.3, 0.4) is 0 Å². The van der Waals surface area contributed by atoms with Crippen molar-refractivity contribution in [1.29, 1.82) is 0 Å². The molecule has 1 N–H and O–H groups in total. The maximum Gasteiger partial charge on any atom is 0.0681 e. The molecule has 0 saturated heterocycles. The van der Waals surface area contributed by atoms with E-state index in [0.29, 0.717) is 0 Å². The van der Waals surface area contributed by atoms with Crippen LogP contribution >= 0.6 is 0 Å². The highest BCUT2D eigenvalue weighted by atomic mass is 15.1. The van der Waals surface area contributed by atoms with Gasteiger partial charge in [0.05, 0.1) is 6.04 Å². The molecular formula is C8H16N2. The van der Waals surface area contributed by atoms with Gasteiger partial charge in [-0.25, -0.2) is 0 Å². The van der Waals surface area contributed by atoms with Crippen molar-refractivity contribution in [1.82, 2.24) is 10.2 Å². The maximum absolute atomic E-state index is 5.23. The minimum atomic E-state index is 0.244. The number of hydrogen-bond donors (Lipinski definition) is 1. The zero-order chi connectivity index (χ0) is 7.98. The second kappa shape index (κ2) is 5.28. The normalized spacial score (nSPS) is 13.1. The number of terminal acetylenes is 1. The van der Waals surface area contributed by atoms with Crippen LogP contribution < -0.4 is 5.32 Å². The van der Waals surface area contributed by atoms with E-state index in [1.807, 2.05) is 21.0 Å². The molecule has 58 valence electrons. The Morgan fingerprint density at radius 3 is 2.70 bits per heavy atom. The lowest BCUT2D eigenvalue weighted by Crippen LogP contribution is -2.33. The van der Waals surface area contributed by atoms with E-state index < -0.39 is 0 Å². The molecule has 0 saturated carbocycles. The Kier molecular flexibility index (Phi) is 5.00. The molecule has 2 heteroatoms. The number of hydrogen-bond acceptors (Lipinski definition) is 2. The van der Waals surface area contributed by atoms with Gasteiger partial charge in [0.1, 0.15) is 0 Å². The van der Waals surface area contributed by atoms with Gasteiger partial charge < -0.3 is 5.32 Å². The molecule has 0 spiro atoms. The van der Waals surface area contributed by atoms with Gasteiger partial charge in [0.15, 0.2) is 0 Å².